The minimum absolute atomic E-state index is 0.184. The lowest BCUT2D eigenvalue weighted by atomic mass is 10.0. The largest absolute Gasteiger partial charge is 0.396 e. The second-order valence-electron chi connectivity index (χ2n) is 5.62. The lowest BCUT2D eigenvalue weighted by molar-refractivity contribution is 0.200. The number of hydrogen-bond donors (Lipinski definition) is 3. The Morgan fingerprint density at radius 2 is 2.20 bits per heavy atom. The Morgan fingerprint density at radius 1 is 1.35 bits per heavy atom. The summed E-state index contributed by atoms with van der Waals surface area (Å²) in [5, 5.41) is 16.7. The van der Waals surface area contributed by atoms with Gasteiger partial charge < -0.3 is 16.2 Å². The van der Waals surface area contributed by atoms with Gasteiger partial charge in [0, 0.05) is 29.9 Å². The molecule has 1 aliphatic carbocycles. The topological polar surface area (TPSA) is 58.3 Å². The van der Waals surface area contributed by atoms with Crippen molar-refractivity contribution in [2.24, 2.45) is 11.7 Å². The number of fused-ring (bicyclic) bond motifs is 1. The summed E-state index contributed by atoms with van der Waals surface area (Å²) >= 11 is 1.78. The molecule has 4 N–H and O–H groups in total. The molecular formula is C16H22N2OS. The molecular weight excluding hydrogens is 268 g/mol. The summed E-state index contributed by atoms with van der Waals surface area (Å²) in [6, 6.07) is 9.06. The fraction of sp³-hybridized carbons (Fsp3) is 0.500. The van der Waals surface area contributed by atoms with E-state index in [0.29, 0.717) is 18.5 Å². The second-order valence-corrected chi connectivity index (χ2v) is 6.53. The highest BCUT2D eigenvalue weighted by atomic mass is 32.1. The molecule has 3 rings (SSSR count). The van der Waals surface area contributed by atoms with Crippen molar-refractivity contribution in [1.29, 1.82) is 0 Å². The first-order chi connectivity index (χ1) is 9.83. The van der Waals surface area contributed by atoms with Crippen LogP contribution in [0.1, 0.15) is 30.9 Å². The molecule has 3 atom stereocenters. The molecule has 1 aromatic heterocycles. The first-order valence-electron chi connectivity index (χ1n) is 7.36. The predicted molar refractivity (Wildman–Crippen MR) is 85.0 cm³/mol. The van der Waals surface area contributed by atoms with Crippen LogP contribution >= 0.6 is 11.3 Å². The molecule has 1 heterocycles. The van der Waals surface area contributed by atoms with Crippen LogP contribution in [0, 0.1) is 5.92 Å². The van der Waals surface area contributed by atoms with Crippen LogP contribution < -0.4 is 11.1 Å². The monoisotopic (exact) mass is 290 g/mol. The van der Waals surface area contributed by atoms with Crippen LogP contribution in [-0.2, 0) is 0 Å². The molecule has 1 fully saturated rings. The van der Waals surface area contributed by atoms with Crippen molar-refractivity contribution in [3.63, 3.8) is 0 Å². The van der Waals surface area contributed by atoms with Gasteiger partial charge in [-0.1, -0.05) is 24.6 Å². The summed E-state index contributed by atoms with van der Waals surface area (Å²) in [7, 11) is 0. The molecule has 0 amide bonds. The highest BCUT2D eigenvalue weighted by Gasteiger charge is 2.29. The molecule has 1 aromatic carbocycles. The van der Waals surface area contributed by atoms with Crippen molar-refractivity contribution < 1.29 is 5.11 Å². The molecule has 0 bridgehead atoms. The molecule has 20 heavy (non-hydrogen) atoms. The zero-order valence-corrected chi connectivity index (χ0v) is 12.4. The maximum Gasteiger partial charge on any atom is 0.0474 e. The summed E-state index contributed by atoms with van der Waals surface area (Å²) < 4.78 is 1.31. The highest BCUT2D eigenvalue weighted by Crippen LogP contribution is 2.32. The Balaban J connectivity index is 1.82. The van der Waals surface area contributed by atoms with Crippen LogP contribution in [0.4, 0.5) is 0 Å². The summed E-state index contributed by atoms with van der Waals surface area (Å²) in [5.74, 6) is 0.383. The lowest BCUT2D eigenvalue weighted by Gasteiger charge is -2.25. The zero-order chi connectivity index (χ0) is 13.9. The van der Waals surface area contributed by atoms with Crippen molar-refractivity contribution >= 4 is 21.4 Å². The third kappa shape index (κ3) is 2.61. The van der Waals surface area contributed by atoms with Crippen LogP contribution in [0.2, 0.25) is 0 Å². The summed E-state index contributed by atoms with van der Waals surface area (Å²) in [6.45, 7) is 0.870. The molecule has 4 heteroatoms. The summed E-state index contributed by atoms with van der Waals surface area (Å²) in [4.78, 5) is 0. The summed E-state index contributed by atoms with van der Waals surface area (Å²) in [5.41, 5.74) is 7.30. The molecule has 0 radical (unpaired) electrons. The average Bonchev–Trinajstić information content (AvgIpc) is 3.11. The standard InChI is InChI=1S/C16H22N2OS/c17-8-15(18-14-6-3-4-11(14)9-19)13-10-20-16-7-2-1-5-12(13)16/h1-2,5,7,10-11,14-15,18-19H,3-4,6,8-9,17H2. The summed E-state index contributed by atoms with van der Waals surface area (Å²) in [6.07, 6.45) is 3.46. The third-order valence-electron chi connectivity index (χ3n) is 4.43. The van der Waals surface area contributed by atoms with Gasteiger partial charge in [0.2, 0.25) is 0 Å². The molecule has 3 nitrogen and oxygen atoms in total. The lowest BCUT2D eigenvalue weighted by Crippen LogP contribution is -2.39. The van der Waals surface area contributed by atoms with Crippen LogP contribution in [0.5, 0.6) is 0 Å². The number of aliphatic hydroxyl groups excluding tert-OH is 1. The van der Waals surface area contributed by atoms with Gasteiger partial charge in [-0.25, -0.2) is 0 Å². The van der Waals surface area contributed by atoms with E-state index in [9.17, 15) is 5.11 Å². The van der Waals surface area contributed by atoms with Gasteiger partial charge >= 0.3 is 0 Å². The van der Waals surface area contributed by atoms with Crippen molar-refractivity contribution in [1.82, 2.24) is 5.32 Å². The number of rotatable bonds is 5. The smallest absolute Gasteiger partial charge is 0.0474 e. The van der Waals surface area contributed by atoms with Crippen molar-refractivity contribution in [2.75, 3.05) is 13.2 Å². The molecule has 1 aliphatic rings. The zero-order valence-electron chi connectivity index (χ0n) is 11.6. The molecule has 2 aromatic rings. The Labute approximate surface area is 123 Å². The molecule has 1 saturated carbocycles. The van der Waals surface area contributed by atoms with Gasteiger partial charge in [0.05, 0.1) is 0 Å². The first-order valence-corrected chi connectivity index (χ1v) is 8.24. The van der Waals surface area contributed by atoms with Crippen molar-refractivity contribution in [3.05, 3.63) is 35.2 Å². The molecule has 0 aliphatic heterocycles. The van der Waals surface area contributed by atoms with Crippen LogP contribution in [0.15, 0.2) is 29.6 Å². The highest BCUT2D eigenvalue weighted by molar-refractivity contribution is 7.17. The van der Waals surface area contributed by atoms with Gasteiger partial charge in [0.15, 0.2) is 0 Å². The van der Waals surface area contributed by atoms with E-state index in [-0.39, 0.29) is 12.6 Å². The average molecular weight is 290 g/mol. The van der Waals surface area contributed by atoms with Crippen LogP contribution in [-0.4, -0.2) is 24.3 Å². The van der Waals surface area contributed by atoms with Crippen LogP contribution in [0.25, 0.3) is 10.1 Å². The van der Waals surface area contributed by atoms with Gasteiger partial charge in [-0.15, -0.1) is 11.3 Å². The SMILES string of the molecule is NCC(NC1CCCC1CO)c1csc2ccccc12. The van der Waals surface area contributed by atoms with Gasteiger partial charge in [-0.05, 0) is 41.2 Å². The predicted octanol–water partition coefficient (Wildman–Crippen LogP) is 2.65. The van der Waals surface area contributed by atoms with Crippen molar-refractivity contribution in [2.45, 2.75) is 31.3 Å². The fourth-order valence-electron chi connectivity index (χ4n) is 3.29. The second kappa shape index (κ2) is 6.22. The number of nitrogens with one attached hydrogen (secondary N) is 1. The van der Waals surface area contributed by atoms with Crippen LogP contribution in [0.3, 0.4) is 0 Å². The Morgan fingerprint density at radius 3 is 3.00 bits per heavy atom. The normalized spacial score (nSPS) is 24.3. The number of thiophene rings is 1. The van der Waals surface area contributed by atoms with E-state index >= 15 is 0 Å². The van der Waals surface area contributed by atoms with E-state index in [1.54, 1.807) is 11.3 Å². The number of benzene rings is 1. The van der Waals surface area contributed by atoms with E-state index in [1.807, 2.05) is 0 Å². The minimum Gasteiger partial charge on any atom is -0.396 e. The Bertz CT molecular complexity index is 568. The quantitative estimate of drug-likeness (QED) is 0.793. The molecule has 3 unspecified atom stereocenters. The third-order valence-corrected chi connectivity index (χ3v) is 5.41. The maximum atomic E-state index is 9.46. The Kier molecular flexibility index (Phi) is 4.36. The first kappa shape index (κ1) is 14.0. The number of hydrogen-bond acceptors (Lipinski definition) is 4. The fourth-order valence-corrected chi connectivity index (χ4v) is 4.30. The van der Waals surface area contributed by atoms with E-state index in [1.165, 1.54) is 22.1 Å². The van der Waals surface area contributed by atoms with E-state index in [2.05, 4.69) is 35.0 Å². The van der Waals surface area contributed by atoms with Crippen molar-refractivity contribution in [3.8, 4) is 0 Å². The minimum atomic E-state index is 0.184. The number of nitrogens with two attached hydrogens (primary N) is 1. The van der Waals surface area contributed by atoms with Gasteiger partial charge in [0.25, 0.3) is 0 Å². The molecule has 108 valence electrons. The van der Waals surface area contributed by atoms with Gasteiger partial charge in [-0.3, -0.25) is 0 Å². The van der Waals surface area contributed by atoms with E-state index in [0.717, 1.165) is 12.8 Å². The molecule has 0 spiro atoms. The van der Waals surface area contributed by atoms with Gasteiger partial charge in [0.1, 0.15) is 0 Å². The Hall–Kier alpha value is -0.940. The molecule has 0 saturated heterocycles. The maximum absolute atomic E-state index is 9.46. The van der Waals surface area contributed by atoms with Gasteiger partial charge in [-0.2, -0.15) is 0 Å². The van der Waals surface area contributed by atoms with E-state index in [4.69, 9.17) is 5.73 Å². The van der Waals surface area contributed by atoms with E-state index < -0.39 is 0 Å². The number of aliphatic hydroxyl groups is 1.